The quantitative estimate of drug-likeness (QED) is 0.447. The summed E-state index contributed by atoms with van der Waals surface area (Å²) < 4.78 is 33.5. The molecule has 0 fully saturated rings. The van der Waals surface area contributed by atoms with Crippen LogP contribution in [0.25, 0.3) is 11.6 Å². The largest absolute Gasteiger partial charge is 0.462 e. The number of esters is 1. The van der Waals surface area contributed by atoms with Gasteiger partial charge in [-0.25, -0.2) is 13.2 Å². The number of fused-ring (bicyclic) bond motifs is 3. The summed E-state index contributed by atoms with van der Waals surface area (Å²) >= 11 is 0. The molecule has 2 N–H and O–H groups in total. The Kier molecular flexibility index (Phi) is 4.72. The number of H-pyrrole nitrogens is 1. The second-order valence-corrected chi connectivity index (χ2v) is 10.5. The first-order valence-corrected chi connectivity index (χ1v) is 12.5. The minimum atomic E-state index is -3.75. The van der Waals surface area contributed by atoms with Crippen LogP contribution in [0.2, 0.25) is 0 Å². The van der Waals surface area contributed by atoms with E-state index in [1.54, 1.807) is 24.4 Å². The lowest BCUT2D eigenvalue weighted by molar-refractivity contribution is -0.110. The molecule has 1 aromatic heterocycles. The maximum Gasteiger partial charge on any atom is 0.339 e. The maximum atomic E-state index is 13.5. The zero-order valence-electron chi connectivity index (χ0n) is 18.1. The summed E-state index contributed by atoms with van der Waals surface area (Å²) in [5.74, 6) is -0.715. The molecule has 0 bridgehead atoms. The fourth-order valence-corrected chi connectivity index (χ4v) is 6.26. The molecule has 1 amide bonds. The van der Waals surface area contributed by atoms with Crippen molar-refractivity contribution in [2.75, 3.05) is 18.5 Å². The van der Waals surface area contributed by atoms with Gasteiger partial charge in [-0.2, -0.15) is 4.31 Å². The molecule has 3 aromatic rings. The molecule has 9 heteroatoms. The minimum Gasteiger partial charge on any atom is -0.462 e. The number of carbonyl (C=O) groups is 2. The van der Waals surface area contributed by atoms with Crippen molar-refractivity contribution in [2.24, 2.45) is 0 Å². The third-order valence-electron chi connectivity index (χ3n) is 6.62. The number of aromatic nitrogens is 1. The van der Waals surface area contributed by atoms with Crippen LogP contribution in [0, 0.1) is 0 Å². The Hall–Kier alpha value is -3.69. The SMILES string of the molecule is O=C1Nc2ccc(S(=O)(=O)N3CCc4ccccc4C3)cc2C1=Cc1[nH]cc2c1CCOC2=O. The Labute approximate surface area is 196 Å². The number of ether oxygens (including phenoxy) is 1. The lowest BCUT2D eigenvalue weighted by Crippen LogP contribution is -2.35. The van der Waals surface area contributed by atoms with Gasteiger partial charge in [0, 0.05) is 42.7 Å². The molecule has 8 nitrogen and oxygen atoms in total. The van der Waals surface area contributed by atoms with Crippen molar-refractivity contribution < 1.29 is 22.7 Å². The van der Waals surface area contributed by atoms with Crippen molar-refractivity contribution in [3.05, 3.63) is 82.2 Å². The first-order valence-electron chi connectivity index (χ1n) is 11.0. The Bertz CT molecular complexity index is 1500. The average Bonchev–Trinajstić information content (AvgIpc) is 3.40. The molecule has 0 saturated heterocycles. The van der Waals surface area contributed by atoms with Gasteiger partial charge in [-0.15, -0.1) is 0 Å². The second kappa shape index (κ2) is 7.68. The highest BCUT2D eigenvalue weighted by molar-refractivity contribution is 7.89. The minimum absolute atomic E-state index is 0.144. The molecule has 2 aromatic carbocycles. The number of aromatic amines is 1. The highest BCUT2D eigenvalue weighted by Crippen LogP contribution is 2.37. The first kappa shape index (κ1) is 20.9. The third kappa shape index (κ3) is 3.27. The van der Waals surface area contributed by atoms with Crippen LogP contribution < -0.4 is 5.32 Å². The summed E-state index contributed by atoms with van der Waals surface area (Å²) in [6, 6.07) is 12.6. The predicted octanol–water partition coefficient (Wildman–Crippen LogP) is 2.97. The number of benzene rings is 2. The number of hydrogen-bond acceptors (Lipinski definition) is 5. The van der Waals surface area contributed by atoms with E-state index < -0.39 is 16.0 Å². The number of amides is 1. The van der Waals surface area contributed by atoms with Gasteiger partial charge < -0.3 is 15.0 Å². The number of nitrogens with zero attached hydrogens (tertiary/aromatic N) is 1. The van der Waals surface area contributed by atoms with Gasteiger partial charge in [0.25, 0.3) is 5.91 Å². The van der Waals surface area contributed by atoms with Crippen LogP contribution in [0.5, 0.6) is 0 Å². The number of nitrogens with one attached hydrogen (secondary N) is 2. The van der Waals surface area contributed by atoms with Crippen LogP contribution in [0.3, 0.4) is 0 Å². The Morgan fingerprint density at radius 2 is 1.82 bits per heavy atom. The number of rotatable bonds is 3. The van der Waals surface area contributed by atoms with Crippen LogP contribution in [-0.4, -0.2) is 42.7 Å². The normalized spacial score (nSPS) is 18.8. The summed E-state index contributed by atoms with van der Waals surface area (Å²) in [5, 5.41) is 2.80. The number of hydrogen-bond donors (Lipinski definition) is 2. The molecule has 0 atom stereocenters. The predicted molar refractivity (Wildman–Crippen MR) is 125 cm³/mol. The monoisotopic (exact) mass is 475 g/mol. The lowest BCUT2D eigenvalue weighted by atomic mass is 10.0. The lowest BCUT2D eigenvalue weighted by Gasteiger charge is -2.28. The molecule has 0 spiro atoms. The first-order chi connectivity index (χ1) is 16.4. The summed E-state index contributed by atoms with van der Waals surface area (Å²) in [6.45, 7) is 1.01. The summed E-state index contributed by atoms with van der Waals surface area (Å²) in [4.78, 5) is 27.9. The summed E-state index contributed by atoms with van der Waals surface area (Å²) in [7, 11) is -3.75. The van der Waals surface area contributed by atoms with Gasteiger partial charge in [0.15, 0.2) is 0 Å². The van der Waals surface area contributed by atoms with E-state index in [-0.39, 0.29) is 17.4 Å². The van der Waals surface area contributed by atoms with Gasteiger partial charge in [0.1, 0.15) is 0 Å². The molecule has 0 aliphatic carbocycles. The fraction of sp³-hybridized carbons (Fsp3) is 0.200. The van der Waals surface area contributed by atoms with Crippen LogP contribution in [0.1, 0.15) is 38.3 Å². The van der Waals surface area contributed by atoms with Crippen molar-refractivity contribution in [1.29, 1.82) is 0 Å². The highest BCUT2D eigenvalue weighted by Gasteiger charge is 2.32. The van der Waals surface area contributed by atoms with E-state index in [1.165, 1.54) is 15.9 Å². The van der Waals surface area contributed by atoms with Gasteiger partial charge in [0.05, 0.1) is 22.6 Å². The highest BCUT2D eigenvalue weighted by atomic mass is 32.2. The number of cyclic esters (lactones) is 1. The topological polar surface area (TPSA) is 109 Å². The van der Waals surface area contributed by atoms with E-state index in [1.807, 2.05) is 24.3 Å². The Balaban J connectivity index is 1.37. The molecule has 3 aliphatic heterocycles. The molecule has 0 unspecified atom stereocenters. The molecule has 4 heterocycles. The van der Waals surface area contributed by atoms with E-state index in [4.69, 9.17) is 4.74 Å². The zero-order valence-corrected chi connectivity index (χ0v) is 18.9. The van der Waals surface area contributed by atoms with Crippen molar-refractivity contribution >= 4 is 39.2 Å². The van der Waals surface area contributed by atoms with E-state index in [2.05, 4.69) is 10.3 Å². The van der Waals surface area contributed by atoms with Crippen LogP contribution in [0.4, 0.5) is 5.69 Å². The molecule has 3 aliphatic rings. The van der Waals surface area contributed by atoms with Crippen LogP contribution >= 0.6 is 0 Å². The molecule has 172 valence electrons. The fourth-order valence-electron chi connectivity index (χ4n) is 4.81. The molecular formula is C25H21N3O5S. The van der Waals surface area contributed by atoms with Crippen molar-refractivity contribution in [3.8, 4) is 0 Å². The zero-order chi connectivity index (χ0) is 23.4. The van der Waals surface area contributed by atoms with Crippen molar-refractivity contribution in [2.45, 2.75) is 24.3 Å². The molecule has 0 saturated carbocycles. The molecule has 0 radical (unpaired) electrons. The van der Waals surface area contributed by atoms with E-state index in [0.717, 1.165) is 11.1 Å². The standard InChI is InChI=1S/C25H21N3O5S/c29-24-20(12-23-18-8-10-33-25(30)21(18)13-26-23)19-11-17(5-6-22(19)27-24)34(31,32)28-9-7-15-3-1-2-4-16(15)14-28/h1-6,11-13,26H,7-10,14H2,(H,27,29). The van der Waals surface area contributed by atoms with Gasteiger partial charge in [0.2, 0.25) is 10.0 Å². The second-order valence-electron chi connectivity index (χ2n) is 8.56. The number of sulfonamides is 1. The van der Waals surface area contributed by atoms with Gasteiger partial charge in [-0.05, 0) is 47.4 Å². The number of carbonyl (C=O) groups excluding carboxylic acids is 2. The molecule has 34 heavy (non-hydrogen) atoms. The summed E-state index contributed by atoms with van der Waals surface area (Å²) in [5.41, 5.74) is 5.49. The van der Waals surface area contributed by atoms with Crippen LogP contribution in [-0.2, 0) is 38.9 Å². The van der Waals surface area contributed by atoms with Gasteiger partial charge in [-0.3, -0.25) is 4.79 Å². The summed E-state index contributed by atoms with van der Waals surface area (Å²) in [6.07, 6.45) is 4.45. The van der Waals surface area contributed by atoms with Crippen molar-refractivity contribution in [1.82, 2.24) is 9.29 Å². The smallest absolute Gasteiger partial charge is 0.339 e. The Morgan fingerprint density at radius 3 is 2.68 bits per heavy atom. The third-order valence-corrected chi connectivity index (χ3v) is 8.46. The van der Waals surface area contributed by atoms with Gasteiger partial charge >= 0.3 is 5.97 Å². The van der Waals surface area contributed by atoms with Crippen molar-refractivity contribution in [3.63, 3.8) is 0 Å². The van der Waals surface area contributed by atoms with E-state index in [0.29, 0.717) is 54.0 Å². The maximum absolute atomic E-state index is 13.5. The van der Waals surface area contributed by atoms with E-state index >= 15 is 0 Å². The molecule has 6 rings (SSSR count). The van der Waals surface area contributed by atoms with Crippen LogP contribution in [0.15, 0.2) is 53.6 Å². The molecular weight excluding hydrogens is 454 g/mol. The van der Waals surface area contributed by atoms with Gasteiger partial charge in [-0.1, -0.05) is 24.3 Å². The number of anilines is 1. The van der Waals surface area contributed by atoms with E-state index in [9.17, 15) is 18.0 Å². The Morgan fingerprint density at radius 1 is 1.00 bits per heavy atom. The average molecular weight is 476 g/mol.